The molecule has 1 amide bonds. The molecule has 0 saturated heterocycles. The smallest absolute Gasteiger partial charge is 0.265 e. The van der Waals surface area contributed by atoms with Crippen LogP contribution in [0.5, 0.6) is 0 Å². The van der Waals surface area contributed by atoms with Crippen molar-refractivity contribution in [3.8, 4) is 0 Å². The van der Waals surface area contributed by atoms with Crippen molar-refractivity contribution in [3.05, 3.63) is 46.5 Å². The van der Waals surface area contributed by atoms with Gasteiger partial charge in [-0.3, -0.25) is 4.79 Å². The molecular weight excluding hydrogens is 278 g/mol. The minimum Gasteiger partial charge on any atom is -0.409 e. The Labute approximate surface area is 119 Å². The van der Waals surface area contributed by atoms with E-state index < -0.39 is 6.04 Å². The van der Waals surface area contributed by atoms with Crippen LogP contribution in [0.1, 0.15) is 27.0 Å². The van der Waals surface area contributed by atoms with Gasteiger partial charge in [-0.15, -0.1) is 5.10 Å². The van der Waals surface area contributed by atoms with Gasteiger partial charge in [0.1, 0.15) is 10.9 Å². The Kier molecular flexibility index (Phi) is 4.26. The van der Waals surface area contributed by atoms with Crippen molar-refractivity contribution in [2.75, 3.05) is 0 Å². The van der Waals surface area contributed by atoms with Gasteiger partial charge >= 0.3 is 0 Å². The first-order valence-electron chi connectivity index (χ1n) is 5.75. The van der Waals surface area contributed by atoms with E-state index in [1.807, 2.05) is 6.07 Å². The molecule has 0 aliphatic carbocycles. The Morgan fingerprint density at radius 3 is 2.70 bits per heavy atom. The van der Waals surface area contributed by atoms with Crippen LogP contribution in [0.2, 0.25) is 0 Å². The number of nitrogens with zero attached hydrogens (tertiary/aromatic N) is 3. The summed E-state index contributed by atoms with van der Waals surface area (Å²) in [4.78, 5) is 12.6. The van der Waals surface area contributed by atoms with Crippen molar-refractivity contribution in [3.63, 3.8) is 0 Å². The largest absolute Gasteiger partial charge is 0.409 e. The number of amides is 1. The fraction of sp³-hybridized carbons (Fsp3) is 0.167. The van der Waals surface area contributed by atoms with E-state index in [0.29, 0.717) is 16.1 Å². The number of hydrogen-bond donors (Lipinski definition) is 3. The molecule has 0 saturated carbocycles. The van der Waals surface area contributed by atoms with Gasteiger partial charge in [-0.2, -0.15) is 0 Å². The molecule has 1 unspecified atom stereocenters. The van der Waals surface area contributed by atoms with Gasteiger partial charge in [0.15, 0.2) is 5.84 Å². The SMILES string of the molecule is Cc1nnsc1C(=O)NC(C(N)=NO)c1ccccc1. The summed E-state index contributed by atoms with van der Waals surface area (Å²) in [6.07, 6.45) is 0. The summed E-state index contributed by atoms with van der Waals surface area (Å²) in [5, 5.41) is 18.3. The zero-order chi connectivity index (χ0) is 14.5. The summed E-state index contributed by atoms with van der Waals surface area (Å²) < 4.78 is 3.71. The molecule has 0 aliphatic heterocycles. The molecular formula is C12H13N5O2S. The highest BCUT2D eigenvalue weighted by Gasteiger charge is 2.22. The second-order valence-electron chi connectivity index (χ2n) is 4.03. The van der Waals surface area contributed by atoms with Gasteiger partial charge in [-0.05, 0) is 24.0 Å². The summed E-state index contributed by atoms with van der Waals surface area (Å²) in [5.74, 6) is -0.461. The molecule has 104 valence electrons. The lowest BCUT2D eigenvalue weighted by Gasteiger charge is -2.17. The van der Waals surface area contributed by atoms with E-state index in [2.05, 4.69) is 20.1 Å². The van der Waals surface area contributed by atoms with Gasteiger partial charge in [-0.25, -0.2) is 0 Å². The summed E-state index contributed by atoms with van der Waals surface area (Å²) >= 11 is 0.998. The van der Waals surface area contributed by atoms with Gasteiger partial charge < -0.3 is 16.3 Å². The van der Waals surface area contributed by atoms with Gasteiger partial charge in [0.2, 0.25) is 0 Å². The number of aromatic nitrogens is 2. The Morgan fingerprint density at radius 1 is 1.45 bits per heavy atom. The molecule has 0 radical (unpaired) electrons. The van der Waals surface area contributed by atoms with Crippen molar-refractivity contribution < 1.29 is 10.0 Å². The standard InChI is InChI=1S/C12H13N5O2S/c1-7-10(20-17-15-7)12(18)14-9(11(13)16-19)8-5-3-2-4-6-8/h2-6,9,19H,1H3,(H2,13,16)(H,14,18). The average molecular weight is 291 g/mol. The van der Waals surface area contributed by atoms with Crippen LogP contribution in [-0.4, -0.2) is 26.5 Å². The molecule has 1 heterocycles. The maximum Gasteiger partial charge on any atom is 0.265 e. The highest BCUT2D eigenvalue weighted by atomic mass is 32.1. The number of amidine groups is 1. The van der Waals surface area contributed by atoms with E-state index in [0.717, 1.165) is 11.5 Å². The van der Waals surface area contributed by atoms with Crippen LogP contribution in [0.3, 0.4) is 0 Å². The lowest BCUT2D eigenvalue weighted by Crippen LogP contribution is -2.37. The van der Waals surface area contributed by atoms with Crippen molar-refractivity contribution in [1.29, 1.82) is 0 Å². The minimum atomic E-state index is -0.713. The molecule has 0 fully saturated rings. The Morgan fingerprint density at radius 2 is 2.15 bits per heavy atom. The van der Waals surface area contributed by atoms with E-state index in [1.54, 1.807) is 31.2 Å². The number of hydrogen-bond acceptors (Lipinski definition) is 6. The normalized spacial score (nSPS) is 12.9. The molecule has 0 bridgehead atoms. The summed E-state index contributed by atoms with van der Waals surface area (Å²) in [7, 11) is 0. The third kappa shape index (κ3) is 2.91. The number of aryl methyl sites for hydroxylation is 1. The predicted molar refractivity (Wildman–Crippen MR) is 74.7 cm³/mol. The average Bonchev–Trinajstić information content (AvgIpc) is 2.91. The maximum atomic E-state index is 12.2. The molecule has 2 aromatic rings. The van der Waals surface area contributed by atoms with Crippen LogP contribution in [0, 0.1) is 6.92 Å². The predicted octanol–water partition coefficient (Wildman–Crippen LogP) is 1.06. The number of rotatable bonds is 4. The van der Waals surface area contributed by atoms with Crippen LogP contribution in [0.15, 0.2) is 35.5 Å². The van der Waals surface area contributed by atoms with E-state index in [4.69, 9.17) is 10.9 Å². The number of nitrogens with two attached hydrogens (primary N) is 1. The van der Waals surface area contributed by atoms with Crippen molar-refractivity contribution in [2.24, 2.45) is 10.9 Å². The topological polar surface area (TPSA) is 113 Å². The van der Waals surface area contributed by atoms with E-state index in [1.165, 1.54) is 0 Å². The summed E-state index contributed by atoms with van der Waals surface area (Å²) in [6, 6.07) is 8.29. The van der Waals surface area contributed by atoms with E-state index >= 15 is 0 Å². The molecule has 20 heavy (non-hydrogen) atoms. The van der Waals surface area contributed by atoms with Crippen LogP contribution in [0.25, 0.3) is 0 Å². The van der Waals surface area contributed by atoms with Gasteiger partial charge in [0.05, 0.1) is 5.69 Å². The van der Waals surface area contributed by atoms with Crippen molar-refractivity contribution in [2.45, 2.75) is 13.0 Å². The van der Waals surface area contributed by atoms with Crippen LogP contribution in [0.4, 0.5) is 0 Å². The Balaban J connectivity index is 2.26. The molecule has 8 heteroatoms. The molecule has 1 aromatic heterocycles. The second kappa shape index (κ2) is 6.11. The van der Waals surface area contributed by atoms with Crippen LogP contribution < -0.4 is 11.1 Å². The number of benzene rings is 1. The molecule has 0 aliphatic rings. The van der Waals surface area contributed by atoms with Crippen molar-refractivity contribution >= 4 is 23.3 Å². The van der Waals surface area contributed by atoms with E-state index in [9.17, 15) is 4.79 Å². The highest BCUT2D eigenvalue weighted by molar-refractivity contribution is 7.08. The number of carbonyl (C=O) groups is 1. The molecule has 7 nitrogen and oxygen atoms in total. The molecule has 1 aromatic carbocycles. The van der Waals surface area contributed by atoms with E-state index in [-0.39, 0.29) is 11.7 Å². The zero-order valence-corrected chi connectivity index (χ0v) is 11.5. The van der Waals surface area contributed by atoms with Gasteiger partial charge in [0, 0.05) is 0 Å². The van der Waals surface area contributed by atoms with Crippen LogP contribution in [-0.2, 0) is 0 Å². The van der Waals surface area contributed by atoms with Crippen molar-refractivity contribution in [1.82, 2.24) is 14.9 Å². The monoisotopic (exact) mass is 291 g/mol. The Hall–Kier alpha value is -2.48. The second-order valence-corrected chi connectivity index (χ2v) is 4.78. The minimum absolute atomic E-state index is 0.0975. The first kappa shape index (κ1) is 13.9. The summed E-state index contributed by atoms with van der Waals surface area (Å²) in [6.45, 7) is 1.69. The van der Waals surface area contributed by atoms with Gasteiger partial charge in [0.25, 0.3) is 5.91 Å². The number of oxime groups is 1. The highest BCUT2D eigenvalue weighted by Crippen LogP contribution is 2.16. The first-order chi connectivity index (χ1) is 9.63. The fourth-order valence-corrected chi connectivity index (χ4v) is 2.23. The zero-order valence-electron chi connectivity index (χ0n) is 10.6. The van der Waals surface area contributed by atoms with Gasteiger partial charge in [-0.1, -0.05) is 40.0 Å². The third-order valence-electron chi connectivity index (χ3n) is 2.68. The number of nitrogens with one attached hydrogen (secondary N) is 1. The fourth-order valence-electron chi connectivity index (χ4n) is 1.67. The maximum absolute atomic E-state index is 12.2. The Bertz CT molecular complexity index is 626. The lowest BCUT2D eigenvalue weighted by atomic mass is 10.1. The molecule has 1 atom stereocenters. The lowest BCUT2D eigenvalue weighted by molar-refractivity contribution is 0.0949. The van der Waals surface area contributed by atoms with Crippen LogP contribution >= 0.6 is 11.5 Å². The molecule has 4 N–H and O–H groups in total. The molecule has 0 spiro atoms. The molecule has 2 rings (SSSR count). The number of carbonyl (C=O) groups excluding carboxylic acids is 1. The first-order valence-corrected chi connectivity index (χ1v) is 6.53. The third-order valence-corrected chi connectivity index (χ3v) is 3.50. The quantitative estimate of drug-likeness (QED) is 0.337. The summed E-state index contributed by atoms with van der Waals surface area (Å²) in [5.41, 5.74) is 6.90.